The number of amides is 1. The van der Waals surface area contributed by atoms with Crippen LogP contribution in [0.4, 0.5) is 0 Å². The number of nitrogens with zero attached hydrogens (tertiary/aromatic N) is 2. The molecule has 1 amide bonds. The number of aromatic nitrogens is 2. The van der Waals surface area contributed by atoms with Crippen molar-refractivity contribution < 1.29 is 9.32 Å². The summed E-state index contributed by atoms with van der Waals surface area (Å²) in [5, 5.41) is 7.68. The molecular formula is C21H25N3O2. The van der Waals surface area contributed by atoms with Crippen molar-refractivity contribution in [3.63, 3.8) is 0 Å². The van der Waals surface area contributed by atoms with Crippen LogP contribution in [-0.2, 0) is 0 Å². The van der Waals surface area contributed by atoms with E-state index in [0.29, 0.717) is 28.3 Å². The van der Waals surface area contributed by atoms with Gasteiger partial charge in [-0.3, -0.25) is 4.79 Å². The second-order valence-electron chi connectivity index (χ2n) is 6.93. The molecule has 2 heterocycles. The van der Waals surface area contributed by atoms with Crippen LogP contribution < -0.4 is 5.32 Å². The number of nitrogens with one attached hydrogen (secondary N) is 1. The Morgan fingerprint density at radius 3 is 2.46 bits per heavy atom. The fourth-order valence-electron chi connectivity index (χ4n) is 3.10. The van der Waals surface area contributed by atoms with Crippen molar-refractivity contribution in [1.29, 1.82) is 0 Å². The molecule has 0 unspecified atom stereocenters. The molecule has 0 radical (unpaired) electrons. The minimum absolute atomic E-state index is 0.0998. The Kier molecular flexibility index (Phi) is 5.07. The van der Waals surface area contributed by atoms with Gasteiger partial charge in [-0.05, 0) is 50.3 Å². The molecule has 0 saturated heterocycles. The summed E-state index contributed by atoms with van der Waals surface area (Å²) < 4.78 is 5.22. The molecule has 0 aliphatic heterocycles. The van der Waals surface area contributed by atoms with Gasteiger partial charge in [-0.25, -0.2) is 4.98 Å². The van der Waals surface area contributed by atoms with E-state index in [0.717, 1.165) is 17.7 Å². The fraction of sp³-hybridized carbons (Fsp3) is 0.381. The Balaban J connectivity index is 1.83. The molecule has 1 aromatic carbocycles. The lowest BCUT2D eigenvalue weighted by molar-refractivity contribution is 0.0941. The van der Waals surface area contributed by atoms with Crippen LogP contribution in [0.15, 0.2) is 34.9 Å². The zero-order valence-corrected chi connectivity index (χ0v) is 16.0. The first-order valence-electron chi connectivity index (χ1n) is 9.05. The maximum atomic E-state index is 12.9. The lowest BCUT2D eigenvalue weighted by Gasteiger charge is -2.16. The van der Waals surface area contributed by atoms with Crippen LogP contribution in [0, 0.1) is 13.8 Å². The molecule has 1 N–H and O–H groups in total. The fourth-order valence-corrected chi connectivity index (χ4v) is 3.10. The van der Waals surface area contributed by atoms with E-state index in [-0.39, 0.29) is 11.9 Å². The summed E-state index contributed by atoms with van der Waals surface area (Å²) in [6.07, 6.45) is 1.11. The molecule has 2 atom stereocenters. The molecule has 2 aromatic heterocycles. The number of fused-ring (bicyclic) bond motifs is 1. The van der Waals surface area contributed by atoms with Gasteiger partial charge in [-0.1, -0.05) is 43.3 Å². The van der Waals surface area contributed by atoms with Crippen molar-refractivity contribution in [2.24, 2.45) is 0 Å². The van der Waals surface area contributed by atoms with Crippen molar-refractivity contribution in [2.45, 2.75) is 53.0 Å². The largest absolute Gasteiger partial charge is 0.345 e. The quantitative estimate of drug-likeness (QED) is 0.714. The molecule has 5 nitrogen and oxygen atoms in total. The van der Waals surface area contributed by atoms with Crippen molar-refractivity contribution in [3.05, 3.63) is 58.4 Å². The monoisotopic (exact) mass is 351 g/mol. The van der Waals surface area contributed by atoms with E-state index in [2.05, 4.69) is 53.6 Å². The standard InChI is InChI=1S/C21H25N3O2/c1-6-12(2)16-7-9-17(10-8-16)14(4)23-20(25)18-11-13(3)22-21-19(18)15(5)24-26-21/h7-12,14H,6H2,1-5H3,(H,23,25)/t12-,14-/m1/s1. The number of rotatable bonds is 5. The molecule has 136 valence electrons. The van der Waals surface area contributed by atoms with Gasteiger partial charge >= 0.3 is 0 Å². The summed E-state index contributed by atoms with van der Waals surface area (Å²) in [4.78, 5) is 17.2. The van der Waals surface area contributed by atoms with E-state index >= 15 is 0 Å². The van der Waals surface area contributed by atoms with E-state index in [4.69, 9.17) is 4.52 Å². The second kappa shape index (κ2) is 7.28. The minimum atomic E-state index is -0.148. The molecule has 0 aliphatic carbocycles. The highest BCUT2D eigenvalue weighted by molar-refractivity contribution is 6.06. The summed E-state index contributed by atoms with van der Waals surface area (Å²) >= 11 is 0. The first-order valence-corrected chi connectivity index (χ1v) is 9.05. The second-order valence-corrected chi connectivity index (χ2v) is 6.93. The van der Waals surface area contributed by atoms with Gasteiger partial charge in [0.25, 0.3) is 11.6 Å². The zero-order valence-electron chi connectivity index (χ0n) is 16.0. The molecule has 0 bridgehead atoms. The molecule has 5 heteroatoms. The van der Waals surface area contributed by atoms with Crippen LogP contribution in [0.1, 0.15) is 72.0 Å². The Bertz CT molecular complexity index is 928. The lowest BCUT2D eigenvalue weighted by Crippen LogP contribution is -2.27. The maximum absolute atomic E-state index is 12.9. The first-order chi connectivity index (χ1) is 12.4. The Hall–Kier alpha value is -2.69. The number of hydrogen-bond acceptors (Lipinski definition) is 4. The van der Waals surface area contributed by atoms with Crippen LogP contribution >= 0.6 is 0 Å². The van der Waals surface area contributed by atoms with Gasteiger partial charge in [0.15, 0.2) is 0 Å². The summed E-state index contributed by atoms with van der Waals surface area (Å²) in [7, 11) is 0. The lowest BCUT2D eigenvalue weighted by atomic mass is 9.96. The topological polar surface area (TPSA) is 68.0 Å². The Morgan fingerprint density at radius 2 is 1.81 bits per heavy atom. The molecule has 3 rings (SSSR count). The maximum Gasteiger partial charge on any atom is 0.258 e. The highest BCUT2D eigenvalue weighted by Gasteiger charge is 2.19. The highest BCUT2D eigenvalue weighted by Crippen LogP contribution is 2.24. The van der Waals surface area contributed by atoms with E-state index in [1.807, 2.05) is 20.8 Å². The van der Waals surface area contributed by atoms with Crippen LogP contribution in [0.2, 0.25) is 0 Å². The number of aryl methyl sites for hydroxylation is 2. The molecule has 0 fully saturated rings. The van der Waals surface area contributed by atoms with Crippen LogP contribution in [0.25, 0.3) is 11.1 Å². The Labute approximate surface area is 153 Å². The third-order valence-corrected chi connectivity index (χ3v) is 4.96. The highest BCUT2D eigenvalue weighted by atomic mass is 16.5. The summed E-state index contributed by atoms with van der Waals surface area (Å²) in [5.74, 6) is 0.392. The average molecular weight is 351 g/mol. The molecule has 0 aliphatic rings. The third kappa shape index (κ3) is 3.47. The number of pyridine rings is 1. The predicted molar refractivity (Wildman–Crippen MR) is 102 cm³/mol. The molecule has 3 aromatic rings. The summed E-state index contributed by atoms with van der Waals surface area (Å²) in [6.45, 7) is 10.0. The first kappa shape index (κ1) is 18.1. The SMILES string of the molecule is CC[C@@H](C)c1ccc([C@@H](C)NC(=O)c2cc(C)nc3onc(C)c23)cc1. The zero-order chi connectivity index (χ0) is 18.8. The van der Waals surface area contributed by atoms with E-state index in [9.17, 15) is 4.79 Å². The van der Waals surface area contributed by atoms with Gasteiger partial charge in [-0.2, -0.15) is 0 Å². The number of carbonyl (C=O) groups is 1. The van der Waals surface area contributed by atoms with Crippen molar-refractivity contribution >= 4 is 17.0 Å². The summed E-state index contributed by atoms with van der Waals surface area (Å²) in [5.41, 5.74) is 4.75. The molecule has 26 heavy (non-hydrogen) atoms. The van der Waals surface area contributed by atoms with Crippen molar-refractivity contribution in [1.82, 2.24) is 15.5 Å². The number of benzene rings is 1. The van der Waals surface area contributed by atoms with Gasteiger partial charge < -0.3 is 9.84 Å². The van der Waals surface area contributed by atoms with Gasteiger partial charge in [0.05, 0.1) is 22.7 Å². The van der Waals surface area contributed by atoms with E-state index in [1.54, 1.807) is 6.07 Å². The van der Waals surface area contributed by atoms with E-state index < -0.39 is 0 Å². The van der Waals surface area contributed by atoms with E-state index in [1.165, 1.54) is 5.56 Å². The molecule has 0 saturated carbocycles. The number of carbonyl (C=O) groups excluding carboxylic acids is 1. The van der Waals surface area contributed by atoms with Crippen LogP contribution in [-0.4, -0.2) is 16.0 Å². The van der Waals surface area contributed by atoms with Gasteiger partial charge in [0.2, 0.25) is 0 Å². The molecular weight excluding hydrogens is 326 g/mol. The third-order valence-electron chi connectivity index (χ3n) is 4.96. The van der Waals surface area contributed by atoms with Gasteiger partial charge in [0, 0.05) is 5.69 Å². The van der Waals surface area contributed by atoms with Crippen LogP contribution in [0.3, 0.4) is 0 Å². The number of hydrogen-bond donors (Lipinski definition) is 1. The van der Waals surface area contributed by atoms with Crippen molar-refractivity contribution in [3.8, 4) is 0 Å². The normalized spacial score (nSPS) is 13.6. The van der Waals surface area contributed by atoms with Crippen molar-refractivity contribution in [2.75, 3.05) is 0 Å². The predicted octanol–water partition coefficient (Wildman–Crippen LogP) is 4.84. The van der Waals surface area contributed by atoms with Gasteiger partial charge in [0.1, 0.15) is 0 Å². The van der Waals surface area contributed by atoms with Gasteiger partial charge in [-0.15, -0.1) is 0 Å². The minimum Gasteiger partial charge on any atom is -0.345 e. The molecule has 0 spiro atoms. The van der Waals surface area contributed by atoms with Crippen LogP contribution in [0.5, 0.6) is 0 Å². The smallest absolute Gasteiger partial charge is 0.258 e. The average Bonchev–Trinajstić information content (AvgIpc) is 3.01. The summed E-state index contributed by atoms with van der Waals surface area (Å²) in [6, 6.07) is 10.1. The Morgan fingerprint density at radius 1 is 1.15 bits per heavy atom.